The molecular weight excluding hydrogens is 236 g/mol. The topological polar surface area (TPSA) is 44.1 Å². The van der Waals surface area contributed by atoms with Crippen molar-refractivity contribution < 1.29 is 4.79 Å². The zero-order valence-electron chi connectivity index (χ0n) is 11.4. The van der Waals surface area contributed by atoms with Gasteiger partial charge in [0.05, 0.1) is 11.3 Å². The predicted octanol–water partition coefficient (Wildman–Crippen LogP) is 2.85. The summed E-state index contributed by atoms with van der Waals surface area (Å²) in [7, 11) is 3.89. The van der Waals surface area contributed by atoms with E-state index in [9.17, 15) is 10.1 Å². The predicted molar refractivity (Wildman–Crippen MR) is 76.1 cm³/mol. The standard InChI is InChI=1S/C16H18N2O/c1-18(2)16-13(6-4-7-14(16)11-17)9-12-5-3-8-15(19)10-12/h4,6-7,10H,3,5,8-9H2,1-2H3. The Morgan fingerprint density at radius 1 is 1.32 bits per heavy atom. The second-order valence-corrected chi connectivity index (χ2v) is 5.12. The molecule has 0 amide bonds. The van der Waals surface area contributed by atoms with Crippen molar-refractivity contribution >= 4 is 11.5 Å². The SMILES string of the molecule is CN(C)c1c(C#N)cccc1CC1=CC(=O)CCC1. The molecule has 3 nitrogen and oxygen atoms in total. The van der Waals surface area contributed by atoms with Crippen molar-refractivity contribution in [2.75, 3.05) is 19.0 Å². The lowest BCUT2D eigenvalue weighted by Crippen LogP contribution is -2.14. The first kappa shape index (κ1) is 13.4. The third-order valence-corrected chi connectivity index (χ3v) is 3.39. The Morgan fingerprint density at radius 2 is 2.11 bits per heavy atom. The van der Waals surface area contributed by atoms with Crippen molar-refractivity contribution in [3.63, 3.8) is 0 Å². The first-order valence-electron chi connectivity index (χ1n) is 6.53. The number of hydrogen-bond acceptors (Lipinski definition) is 3. The number of nitriles is 1. The lowest BCUT2D eigenvalue weighted by molar-refractivity contribution is -0.115. The molecular formula is C16H18N2O. The summed E-state index contributed by atoms with van der Waals surface area (Å²) in [4.78, 5) is 13.4. The van der Waals surface area contributed by atoms with Gasteiger partial charge in [-0.15, -0.1) is 0 Å². The van der Waals surface area contributed by atoms with E-state index in [4.69, 9.17) is 0 Å². The van der Waals surface area contributed by atoms with Crippen LogP contribution in [-0.2, 0) is 11.2 Å². The van der Waals surface area contributed by atoms with Crippen LogP contribution >= 0.6 is 0 Å². The summed E-state index contributed by atoms with van der Waals surface area (Å²) in [6.07, 6.45) is 5.13. The van der Waals surface area contributed by atoms with Gasteiger partial charge in [0.1, 0.15) is 6.07 Å². The number of para-hydroxylation sites is 1. The summed E-state index contributed by atoms with van der Waals surface area (Å²) in [5.74, 6) is 0.226. The quantitative estimate of drug-likeness (QED) is 0.833. The van der Waals surface area contributed by atoms with Crippen LogP contribution in [0, 0.1) is 11.3 Å². The van der Waals surface area contributed by atoms with Gasteiger partial charge < -0.3 is 4.90 Å². The third-order valence-electron chi connectivity index (χ3n) is 3.39. The molecule has 0 N–H and O–H groups in total. The van der Waals surface area contributed by atoms with Crippen LogP contribution in [0.3, 0.4) is 0 Å². The number of anilines is 1. The number of carbonyl (C=O) groups is 1. The normalized spacial score (nSPS) is 14.8. The maximum absolute atomic E-state index is 11.5. The monoisotopic (exact) mass is 254 g/mol. The molecule has 2 rings (SSSR count). The van der Waals surface area contributed by atoms with Gasteiger partial charge >= 0.3 is 0 Å². The minimum absolute atomic E-state index is 0.226. The van der Waals surface area contributed by atoms with Crippen LogP contribution in [0.1, 0.15) is 30.4 Å². The lowest BCUT2D eigenvalue weighted by atomic mass is 9.92. The summed E-state index contributed by atoms with van der Waals surface area (Å²) >= 11 is 0. The van der Waals surface area contributed by atoms with E-state index >= 15 is 0 Å². The zero-order chi connectivity index (χ0) is 13.8. The van der Waals surface area contributed by atoms with Crippen LogP contribution in [0.5, 0.6) is 0 Å². The van der Waals surface area contributed by atoms with Gasteiger partial charge in [-0.1, -0.05) is 17.7 Å². The molecule has 3 heteroatoms. The second kappa shape index (κ2) is 5.71. The lowest BCUT2D eigenvalue weighted by Gasteiger charge is -2.20. The summed E-state index contributed by atoms with van der Waals surface area (Å²) in [6.45, 7) is 0. The highest BCUT2D eigenvalue weighted by Crippen LogP contribution is 2.28. The highest BCUT2D eigenvalue weighted by Gasteiger charge is 2.14. The largest absolute Gasteiger partial charge is 0.376 e. The minimum Gasteiger partial charge on any atom is -0.376 e. The van der Waals surface area contributed by atoms with E-state index in [2.05, 4.69) is 6.07 Å². The fourth-order valence-electron chi connectivity index (χ4n) is 2.60. The molecule has 0 aromatic heterocycles. The third kappa shape index (κ3) is 3.03. The maximum Gasteiger partial charge on any atom is 0.155 e. The number of carbonyl (C=O) groups excluding carboxylic acids is 1. The molecule has 0 heterocycles. The number of ketones is 1. The number of rotatable bonds is 3. The molecule has 0 aliphatic heterocycles. The second-order valence-electron chi connectivity index (χ2n) is 5.12. The molecule has 1 aliphatic carbocycles. The van der Waals surface area contributed by atoms with Crippen molar-refractivity contribution in [2.45, 2.75) is 25.7 Å². The molecule has 0 saturated heterocycles. The molecule has 0 bridgehead atoms. The van der Waals surface area contributed by atoms with Gasteiger partial charge in [0.15, 0.2) is 5.78 Å². The first-order chi connectivity index (χ1) is 9.11. The molecule has 0 atom stereocenters. The average molecular weight is 254 g/mol. The average Bonchev–Trinajstić information content (AvgIpc) is 2.38. The molecule has 0 saturated carbocycles. The van der Waals surface area contributed by atoms with Crippen LogP contribution in [0.2, 0.25) is 0 Å². The van der Waals surface area contributed by atoms with E-state index in [-0.39, 0.29) is 5.78 Å². The Balaban J connectivity index is 2.35. The molecule has 0 radical (unpaired) electrons. The Labute approximate surface area is 114 Å². The fourth-order valence-corrected chi connectivity index (χ4v) is 2.60. The molecule has 0 fully saturated rings. The van der Waals surface area contributed by atoms with E-state index in [0.29, 0.717) is 12.0 Å². The first-order valence-corrected chi connectivity index (χ1v) is 6.53. The molecule has 19 heavy (non-hydrogen) atoms. The van der Waals surface area contributed by atoms with Crippen molar-refractivity contribution in [2.24, 2.45) is 0 Å². The van der Waals surface area contributed by atoms with Gasteiger partial charge in [-0.2, -0.15) is 5.26 Å². The van der Waals surface area contributed by atoms with Crippen LogP contribution in [0.15, 0.2) is 29.8 Å². The Kier molecular flexibility index (Phi) is 4.01. The number of allylic oxidation sites excluding steroid dienone is 2. The van der Waals surface area contributed by atoms with Crippen molar-refractivity contribution in [3.8, 4) is 6.07 Å². The van der Waals surface area contributed by atoms with Crippen LogP contribution in [0.25, 0.3) is 0 Å². The molecule has 1 aromatic rings. The summed E-state index contributed by atoms with van der Waals surface area (Å²) in [5.41, 5.74) is 3.94. The number of benzene rings is 1. The van der Waals surface area contributed by atoms with E-state index < -0.39 is 0 Å². The van der Waals surface area contributed by atoms with Gasteiger partial charge in [0, 0.05) is 20.5 Å². The molecule has 0 unspecified atom stereocenters. The molecule has 0 spiro atoms. The van der Waals surface area contributed by atoms with Crippen LogP contribution < -0.4 is 4.90 Å². The van der Waals surface area contributed by atoms with Gasteiger partial charge in [-0.25, -0.2) is 0 Å². The molecule has 1 aromatic carbocycles. The Bertz CT molecular complexity index is 565. The van der Waals surface area contributed by atoms with Crippen molar-refractivity contribution in [1.82, 2.24) is 0 Å². The summed E-state index contributed by atoms with van der Waals surface area (Å²) < 4.78 is 0. The smallest absolute Gasteiger partial charge is 0.155 e. The van der Waals surface area contributed by atoms with E-state index in [1.54, 1.807) is 6.08 Å². The van der Waals surface area contributed by atoms with Crippen molar-refractivity contribution in [1.29, 1.82) is 5.26 Å². The molecule has 1 aliphatic rings. The summed E-state index contributed by atoms with van der Waals surface area (Å²) in [5, 5.41) is 9.19. The highest BCUT2D eigenvalue weighted by atomic mass is 16.1. The number of nitrogens with zero attached hydrogens (tertiary/aromatic N) is 2. The van der Waals surface area contributed by atoms with Crippen LogP contribution in [-0.4, -0.2) is 19.9 Å². The van der Waals surface area contributed by atoms with E-state index in [1.165, 1.54) is 5.57 Å². The zero-order valence-corrected chi connectivity index (χ0v) is 11.4. The van der Waals surface area contributed by atoms with E-state index in [0.717, 1.165) is 30.5 Å². The Hall–Kier alpha value is -2.08. The van der Waals surface area contributed by atoms with E-state index in [1.807, 2.05) is 37.2 Å². The van der Waals surface area contributed by atoms with Gasteiger partial charge in [-0.3, -0.25) is 4.79 Å². The molecule has 98 valence electrons. The fraction of sp³-hybridized carbons (Fsp3) is 0.375. The highest BCUT2D eigenvalue weighted by molar-refractivity contribution is 5.91. The minimum atomic E-state index is 0.226. The van der Waals surface area contributed by atoms with Crippen LogP contribution in [0.4, 0.5) is 5.69 Å². The number of hydrogen-bond donors (Lipinski definition) is 0. The van der Waals surface area contributed by atoms with Gasteiger partial charge in [0.25, 0.3) is 0 Å². The Morgan fingerprint density at radius 3 is 2.74 bits per heavy atom. The van der Waals surface area contributed by atoms with Gasteiger partial charge in [0.2, 0.25) is 0 Å². The van der Waals surface area contributed by atoms with Crippen molar-refractivity contribution in [3.05, 3.63) is 41.0 Å². The summed E-state index contributed by atoms with van der Waals surface area (Å²) in [6, 6.07) is 8.01. The van der Waals surface area contributed by atoms with Gasteiger partial charge in [-0.05, 0) is 37.0 Å². The maximum atomic E-state index is 11.5.